The van der Waals surface area contributed by atoms with Crippen molar-refractivity contribution < 1.29 is 19.1 Å². The molecule has 2 heterocycles. The van der Waals surface area contributed by atoms with Gasteiger partial charge in [0.05, 0.1) is 31.9 Å². The summed E-state index contributed by atoms with van der Waals surface area (Å²) in [5.41, 5.74) is 1.40. The summed E-state index contributed by atoms with van der Waals surface area (Å²) >= 11 is 0. The topological polar surface area (TPSA) is 73.7 Å². The van der Waals surface area contributed by atoms with Gasteiger partial charge in [-0.1, -0.05) is 0 Å². The molecule has 1 aromatic heterocycles. The van der Waals surface area contributed by atoms with Crippen LogP contribution in [0.3, 0.4) is 0 Å². The third-order valence-electron chi connectivity index (χ3n) is 3.47. The molecule has 0 radical (unpaired) electrons. The number of hydrogen-bond donors (Lipinski definition) is 0. The van der Waals surface area contributed by atoms with Gasteiger partial charge < -0.3 is 14.4 Å². The maximum absolute atomic E-state index is 12.6. The molecule has 7 heteroatoms. The van der Waals surface area contributed by atoms with Gasteiger partial charge in [0.15, 0.2) is 0 Å². The normalized spacial score (nSPS) is 18.6. The molecule has 0 N–H and O–H groups in total. The molecule has 1 amide bonds. The van der Waals surface area contributed by atoms with Gasteiger partial charge in [-0.3, -0.25) is 14.3 Å². The van der Waals surface area contributed by atoms with Crippen molar-refractivity contribution in [2.45, 2.75) is 32.9 Å². The maximum atomic E-state index is 12.6. The molecule has 2 rings (SSSR count). The first-order valence-corrected chi connectivity index (χ1v) is 7.07. The fourth-order valence-electron chi connectivity index (χ4n) is 2.42. The summed E-state index contributed by atoms with van der Waals surface area (Å²) in [6, 6.07) is 1.79. The molecule has 1 atom stereocenters. The molecule has 0 spiro atoms. The predicted octanol–water partition coefficient (Wildman–Crippen LogP) is 0.616. The Morgan fingerprint density at radius 2 is 2.29 bits per heavy atom. The van der Waals surface area contributed by atoms with Gasteiger partial charge in [-0.25, -0.2) is 0 Å². The molecule has 116 valence electrons. The fraction of sp³-hybridized carbons (Fsp3) is 0.643. The Balaban J connectivity index is 2.06. The maximum Gasteiger partial charge on any atom is 0.308 e. The number of nitrogens with zero attached hydrogens (tertiary/aromatic N) is 3. The van der Waals surface area contributed by atoms with Crippen molar-refractivity contribution in [2.75, 3.05) is 26.8 Å². The van der Waals surface area contributed by atoms with Crippen LogP contribution in [-0.2, 0) is 20.8 Å². The number of rotatable bonds is 4. The van der Waals surface area contributed by atoms with Crippen molar-refractivity contribution in [3.8, 4) is 0 Å². The van der Waals surface area contributed by atoms with Crippen LogP contribution in [-0.4, -0.2) is 59.5 Å². The van der Waals surface area contributed by atoms with Gasteiger partial charge in [0.25, 0.3) is 5.91 Å². The quantitative estimate of drug-likeness (QED) is 0.761. The van der Waals surface area contributed by atoms with Crippen LogP contribution in [0.25, 0.3) is 0 Å². The van der Waals surface area contributed by atoms with Gasteiger partial charge in [-0.2, -0.15) is 5.10 Å². The number of hydrogen-bond acceptors (Lipinski definition) is 5. The summed E-state index contributed by atoms with van der Waals surface area (Å²) in [5, 5.41) is 4.29. The molecule has 1 unspecified atom stereocenters. The fourth-order valence-corrected chi connectivity index (χ4v) is 2.42. The van der Waals surface area contributed by atoms with Crippen LogP contribution < -0.4 is 0 Å². The lowest BCUT2D eigenvalue weighted by Gasteiger charge is -2.32. The second kappa shape index (κ2) is 6.71. The molecule has 0 saturated carbocycles. The molecule has 1 fully saturated rings. The van der Waals surface area contributed by atoms with E-state index in [1.165, 1.54) is 7.11 Å². The number of aryl methyl sites for hydroxylation is 2. The molecule has 7 nitrogen and oxygen atoms in total. The van der Waals surface area contributed by atoms with Gasteiger partial charge in [-0.15, -0.1) is 0 Å². The number of esters is 1. The molecule has 1 aromatic rings. The highest BCUT2D eigenvalue weighted by Gasteiger charge is 2.28. The highest BCUT2D eigenvalue weighted by atomic mass is 16.5. The first-order valence-electron chi connectivity index (χ1n) is 7.07. The number of ether oxygens (including phenoxy) is 2. The average molecular weight is 295 g/mol. The second-order valence-electron chi connectivity index (χ2n) is 5.01. The van der Waals surface area contributed by atoms with E-state index in [1.54, 1.807) is 15.6 Å². The minimum absolute atomic E-state index is 0.0735. The van der Waals surface area contributed by atoms with Gasteiger partial charge in [0.1, 0.15) is 5.69 Å². The molecule has 1 aliphatic heterocycles. The van der Waals surface area contributed by atoms with Crippen LogP contribution in [0.1, 0.15) is 29.5 Å². The zero-order valence-corrected chi connectivity index (χ0v) is 12.7. The van der Waals surface area contributed by atoms with E-state index >= 15 is 0 Å². The highest BCUT2D eigenvalue weighted by molar-refractivity contribution is 5.92. The SMILES string of the molecule is CCn1nc(C)cc1C(=O)N1CCOC(CC(=O)OC)C1. The molecular formula is C14H21N3O4. The summed E-state index contributed by atoms with van der Waals surface area (Å²) < 4.78 is 11.8. The van der Waals surface area contributed by atoms with E-state index in [0.717, 1.165) is 5.69 Å². The minimum atomic E-state index is -0.330. The standard InChI is InChI=1S/C14H21N3O4/c1-4-17-12(7-10(2)15-17)14(19)16-5-6-21-11(9-16)8-13(18)20-3/h7,11H,4-6,8-9H2,1-3H3. The molecule has 21 heavy (non-hydrogen) atoms. The van der Waals surface area contributed by atoms with Gasteiger partial charge in [0.2, 0.25) is 0 Å². The van der Waals surface area contributed by atoms with E-state index in [2.05, 4.69) is 9.84 Å². The van der Waals surface area contributed by atoms with Crippen molar-refractivity contribution in [1.82, 2.24) is 14.7 Å². The second-order valence-corrected chi connectivity index (χ2v) is 5.01. The van der Waals surface area contributed by atoms with Crippen LogP contribution in [0.15, 0.2) is 6.07 Å². The summed E-state index contributed by atoms with van der Waals surface area (Å²) in [6.07, 6.45) is -0.152. The van der Waals surface area contributed by atoms with Crippen molar-refractivity contribution in [2.24, 2.45) is 0 Å². The third-order valence-corrected chi connectivity index (χ3v) is 3.47. The molecule has 0 aliphatic carbocycles. The molecule has 1 saturated heterocycles. The van der Waals surface area contributed by atoms with E-state index in [9.17, 15) is 9.59 Å². The summed E-state index contributed by atoms with van der Waals surface area (Å²) in [4.78, 5) is 25.6. The van der Waals surface area contributed by atoms with Crippen LogP contribution >= 0.6 is 0 Å². The first-order chi connectivity index (χ1) is 10.0. The average Bonchev–Trinajstić information content (AvgIpc) is 2.87. The first kappa shape index (κ1) is 15.5. The zero-order chi connectivity index (χ0) is 15.4. The number of carbonyl (C=O) groups excluding carboxylic acids is 2. The largest absolute Gasteiger partial charge is 0.469 e. The van der Waals surface area contributed by atoms with E-state index in [-0.39, 0.29) is 24.4 Å². The van der Waals surface area contributed by atoms with Crippen molar-refractivity contribution in [1.29, 1.82) is 0 Å². The highest BCUT2D eigenvalue weighted by Crippen LogP contribution is 2.14. The van der Waals surface area contributed by atoms with E-state index < -0.39 is 0 Å². The van der Waals surface area contributed by atoms with Gasteiger partial charge in [0, 0.05) is 19.6 Å². The Hall–Kier alpha value is -1.89. The number of amides is 1. The van der Waals surface area contributed by atoms with Gasteiger partial charge >= 0.3 is 5.97 Å². The number of carbonyl (C=O) groups is 2. The summed E-state index contributed by atoms with van der Waals surface area (Å²) in [7, 11) is 1.34. The van der Waals surface area contributed by atoms with E-state index in [0.29, 0.717) is 31.9 Å². The number of methoxy groups -OCH3 is 1. The summed E-state index contributed by atoms with van der Waals surface area (Å²) in [6.45, 7) is 5.79. The van der Waals surface area contributed by atoms with E-state index in [4.69, 9.17) is 4.74 Å². The van der Waals surface area contributed by atoms with Crippen molar-refractivity contribution >= 4 is 11.9 Å². The lowest BCUT2D eigenvalue weighted by Crippen LogP contribution is -2.46. The number of morpholine rings is 1. The summed E-state index contributed by atoms with van der Waals surface area (Å²) in [5.74, 6) is -0.403. The van der Waals surface area contributed by atoms with Crippen LogP contribution in [0, 0.1) is 6.92 Å². The molecule has 1 aliphatic rings. The van der Waals surface area contributed by atoms with E-state index in [1.807, 2.05) is 13.8 Å². The lowest BCUT2D eigenvalue weighted by atomic mass is 10.2. The third kappa shape index (κ3) is 3.60. The Kier molecular flexibility index (Phi) is 4.95. The molecule has 0 aromatic carbocycles. The Bertz CT molecular complexity index is 526. The van der Waals surface area contributed by atoms with Crippen LogP contribution in [0.4, 0.5) is 0 Å². The Morgan fingerprint density at radius 3 is 2.95 bits per heavy atom. The monoisotopic (exact) mass is 295 g/mol. The minimum Gasteiger partial charge on any atom is -0.469 e. The van der Waals surface area contributed by atoms with Gasteiger partial charge in [-0.05, 0) is 19.9 Å². The zero-order valence-electron chi connectivity index (χ0n) is 12.7. The Morgan fingerprint density at radius 1 is 1.52 bits per heavy atom. The molecule has 0 bridgehead atoms. The van der Waals surface area contributed by atoms with Crippen molar-refractivity contribution in [3.05, 3.63) is 17.5 Å². The van der Waals surface area contributed by atoms with Crippen molar-refractivity contribution in [3.63, 3.8) is 0 Å². The Labute approximate surface area is 123 Å². The lowest BCUT2D eigenvalue weighted by molar-refractivity contribution is -0.145. The van der Waals surface area contributed by atoms with Crippen LogP contribution in [0.5, 0.6) is 0 Å². The molecular weight excluding hydrogens is 274 g/mol. The number of aromatic nitrogens is 2. The smallest absolute Gasteiger partial charge is 0.308 e. The predicted molar refractivity (Wildman–Crippen MR) is 74.9 cm³/mol. The van der Waals surface area contributed by atoms with Crippen LogP contribution in [0.2, 0.25) is 0 Å².